The molecule has 0 radical (unpaired) electrons. The summed E-state index contributed by atoms with van der Waals surface area (Å²) >= 11 is 2.09. The number of alkyl halides is 3. The lowest BCUT2D eigenvalue weighted by molar-refractivity contribution is -0.137. The Hall–Kier alpha value is -4.70. The van der Waals surface area contributed by atoms with Gasteiger partial charge in [0.1, 0.15) is 6.61 Å². The van der Waals surface area contributed by atoms with Gasteiger partial charge in [-0.15, -0.1) is 0 Å². The van der Waals surface area contributed by atoms with Gasteiger partial charge in [0.05, 0.1) is 44.5 Å². The van der Waals surface area contributed by atoms with Crippen molar-refractivity contribution in [3.63, 3.8) is 0 Å². The Morgan fingerprint density at radius 3 is 2.56 bits per heavy atom. The zero-order valence-corrected chi connectivity index (χ0v) is 24.8. The van der Waals surface area contributed by atoms with Crippen LogP contribution in [-0.2, 0) is 12.8 Å². The molecular formula is C32H22F3IN4O3. The van der Waals surface area contributed by atoms with Gasteiger partial charge >= 0.3 is 6.18 Å². The van der Waals surface area contributed by atoms with E-state index in [0.29, 0.717) is 38.3 Å². The van der Waals surface area contributed by atoms with Crippen molar-refractivity contribution in [2.45, 2.75) is 19.7 Å². The Labute approximate surface area is 258 Å². The van der Waals surface area contributed by atoms with Crippen molar-refractivity contribution in [1.82, 2.24) is 9.66 Å². The molecule has 0 bridgehead atoms. The van der Waals surface area contributed by atoms with Gasteiger partial charge in [0.15, 0.2) is 17.3 Å². The van der Waals surface area contributed by atoms with Gasteiger partial charge < -0.3 is 9.47 Å². The molecule has 5 rings (SSSR count). The highest BCUT2D eigenvalue weighted by Gasteiger charge is 2.31. The van der Waals surface area contributed by atoms with E-state index in [1.165, 1.54) is 18.3 Å². The third-order valence-corrected chi connectivity index (χ3v) is 7.17. The van der Waals surface area contributed by atoms with Crippen molar-refractivity contribution in [2.24, 2.45) is 5.10 Å². The van der Waals surface area contributed by atoms with Crippen LogP contribution in [0, 0.1) is 14.9 Å². The van der Waals surface area contributed by atoms with Crippen molar-refractivity contribution >= 4 is 39.7 Å². The highest BCUT2D eigenvalue weighted by atomic mass is 127. The van der Waals surface area contributed by atoms with E-state index in [4.69, 9.17) is 9.47 Å². The molecule has 7 nitrogen and oxygen atoms in total. The topological polar surface area (TPSA) is 89.5 Å². The van der Waals surface area contributed by atoms with Crippen LogP contribution < -0.4 is 15.0 Å². The van der Waals surface area contributed by atoms with Gasteiger partial charge in [-0.1, -0.05) is 42.5 Å². The molecule has 0 aliphatic rings. The molecule has 0 N–H and O–H groups in total. The zero-order valence-electron chi connectivity index (χ0n) is 22.6. The van der Waals surface area contributed by atoms with Crippen molar-refractivity contribution in [1.29, 1.82) is 5.26 Å². The summed E-state index contributed by atoms with van der Waals surface area (Å²) in [4.78, 5) is 18.0. The molecule has 11 heteroatoms. The molecule has 0 amide bonds. The molecule has 4 aromatic carbocycles. The number of nitrogens with zero attached hydrogens (tertiary/aromatic N) is 4. The van der Waals surface area contributed by atoms with E-state index in [-0.39, 0.29) is 23.4 Å². The molecular weight excluding hydrogens is 672 g/mol. The van der Waals surface area contributed by atoms with Crippen molar-refractivity contribution < 1.29 is 22.6 Å². The molecule has 5 aromatic rings. The minimum Gasteiger partial charge on any atom is -0.490 e. The maximum atomic E-state index is 13.5. The van der Waals surface area contributed by atoms with Crippen LogP contribution in [0.15, 0.2) is 94.8 Å². The van der Waals surface area contributed by atoms with Crippen LogP contribution in [-0.4, -0.2) is 22.5 Å². The largest absolute Gasteiger partial charge is 0.490 e. The Bertz CT molecular complexity index is 1950. The first-order chi connectivity index (χ1) is 20.7. The minimum atomic E-state index is -4.58. The van der Waals surface area contributed by atoms with Crippen LogP contribution in [0.4, 0.5) is 13.2 Å². The fraction of sp³-hybridized carbons (Fsp3) is 0.125. The van der Waals surface area contributed by atoms with Crippen LogP contribution in [0.3, 0.4) is 0 Å². The lowest BCUT2D eigenvalue weighted by Crippen LogP contribution is -2.20. The Kier molecular flexibility index (Phi) is 8.77. The first kappa shape index (κ1) is 29.8. The zero-order chi connectivity index (χ0) is 30.6. The summed E-state index contributed by atoms with van der Waals surface area (Å²) in [6.45, 7) is 2.31. The van der Waals surface area contributed by atoms with Crippen molar-refractivity contribution in [3.05, 3.63) is 121 Å². The predicted molar refractivity (Wildman–Crippen MR) is 165 cm³/mol. The normalized spacial score (nSPS) is 11.5. The second-order valence-corrected chi connectivity index (χ2v) is 10.4. The first-order valence-corrected chi connectivity index (χ1v) is 14.1. The average molecular weight is 694 g/mol. The predicted octanol–water partition coefficient (Wildman–Crippen LogP) is 7.42. The Morgan fingerprint density at radius 1 is 1.02 bits per heavy atom. The third kappa shape index (κ3) is 6.54. The number of hydrogen-bond acceptors (Lipinski definition) is 6. The summed E-state index contributed by atoms with van der Waals surface area (Å²) in [7, 11) is 0. The van der Waals surface area contributed by atoms with Crippen LogP contribution in [0.25, 0.3) is 22.3 Å². The van der Waals surface area contributed by atoms with Crippen LogP contribution in [0.2, 0.25) is 0 Å². The molecule has 216 valence electrons. The van der Waals surface area contributed by atoms with E-state index in [9.17, 15) is 23.2 Å². The van der Waals surface area contributed by atoms with Gasteiger partial charge in [-0.3, -0.25) is 4.79 Å². The van der Waals surface area contributed by atoms with E-state index in [1.54, 1.807) is 48.5 Å². The molecule has 0 spiro atoms. The monoisotopic (exact) mass is 694 g/mol. The van der Waals surface area contributed by atoms with Crippen LogP contribution >= 0.6 is 22.6 Å². The van der Waals surface area contributed by atoms with Gasteiger partial charge in [-0.25, -0.2) is 4.98 Å². The molecule has 0 unspecified atom stereocenters. The van der Waals surface area contributed by atoms with Gasteiger partial charge in [0, 0.05) is 11.1 Å². The minimum absolute atomic E-state index is 0.0399. The summed E-state index contributed by atoms with van der Waals surface area (Å²) in [6.07, 6.45) is -3.16. The van der Waals surface area contributed by atoms with Gasteiger partial charge in [0.2, 0.25) is 0 Å². The number of rotatable bonds is 8. The van der Waals surface area contributed by atoms with E-state index in [0.717, 1.165) is 22.4 Å². The lowest BCUT2D eigenvalue weighted by Gasteiger charge is -2.15. The van der Waals surface area contributed by atoms with E-state index in [2.05, 4.69) is 38.7 Å². The molecule has 1 aromatic heterocycles. The second kappa shape index (κ2) is 12.7. The lowest BCUT2D eigenvalue weighted by atomic mass is 10.1. The van der Waals surface area contributed by atoms with Crippen molar-refractivity contribution in [2.75, 3.05) is 6.61 Å². The number of benzene rings is 4. The summed E-state index contributed by atoms with van der Waals surface area (Å²) in [5, 5.41) is 14.0. The molecule has 43 heavy (non-hydrogen) atoms. The number of halogens is 4. The summed E-state index contributed by atoms with van der Waals surface area (Å²) in [5.74, 6) is 0.857. The molecule has 0 aliphatic heterocycles. The Morgan fingerprint density at radius 2 is 1.79 bits per heavy atom. The van der Waals surface area contributed by atoms with Gasteiger partial charge in [-0.05, 0) is 77.5 Å². The summed E-state index contributed by atoms with van der Waals surface area (Å²) in [6, 6.07) is 23.9. The average Bonchev–Trinajstić information content (AvgIpc) is 3.00. The van der Waals surface area contributed by atoms with E-state index >= 15 is 0 Å². The quantitative estimate of drug-likeness (QED) is 0.125. The number of aromatic nitrogens is 2. The number of fused-ring (bicyclic) bond motifs is 1. The third-order valence-electron chi connectivity index (χ3n) is 6.37. The standard InChI is InChI=1S/C32H22F3IN4O3/c1-2-42-28-15-20(14-26(36)29(28)43-19-23-9-4-3-8-22(23)17-37)18-38-40-30(21-10-7-11-24(16-21)32(33,34)35)39-27-13-6-5-12-25(27)31(40)41/h3-16,18H,2,19H2,1H3. The van der Waals surface area contributed by atoms with Crippen molar-refractivity contribution in [3.8, 4) is 29.0 Å². The molecule has 0 saturated heterocycles. The fourth-order valence-corrected chi connectivity index (χ4v) is 5.13. The number of ether oxygens (including phenoxy) is 2. The smallest absolute Gasteiger partial charge is 0.416 e. The first-order valence-electron chi connectivity index (χ1n) is 13.0. The molecule has 1 heterocycles. The second-order valence-electron chi connectivity index (χ2n) is 9.21. The fourth-order valence-electron chi connectivity index (χ4n) is 4.35. The number of hydrogen-bond donors (Lipinski definition) is 0. The van der Waals surface area contributed by atoms with E-state index in [1.807, 2.05) is 19.1 Å². The number of nitriles is 1. The SMILES string of the molecule is CCOc1cc(C=Nn2c(-c3cccc(C(F)(F)F)c3)nc3ccccc3c2=O)cc(I)c1OCc1ccccc1C#N. The van der Waals surface area contributed by atoms with Crippen LogP contribution in [0.1, 0.15) is 29.2 Å². The molecule has 0 fully saturated rings. The Balaban J connectivity index is 1.56. The van der Waals surface area contributed by atoms with E-state index < -0.39 is 17.3 Å². The van der Waals surface area contributed by atoms with Gasteiger partial charge in [-0.2, -0.15) is 28.2 Å². The highest BCUT2D eigenvalue weighted by Crippen LogP contribution is 2.35. The maximum absolute atomic E-state index is 13.5. The molecule has 0 saturated carbocycles. The highest BCUT2D eigenvalue weighted by molar-refractivity contribution is 14.1. The maximum Gasteiger partial charge on any atom is 0.416 e. The molecule has 0 atom stereocenters. The van der Waals surface area contributed by atoms with Crippen LogP contribution in [0.5, 0.6) is 11.5 Å². The summed E-state index contributed by atoms with van der Waals surface area (Å²) < 4.78 is 54.0. The summed E-state index contributed by atoms with van der Waals surface area (Å²) in [5.41, 5.74) is 0.786. The molecule has 0 aliphatic carbocycles. The van der Waals surface area contributed by atoms with Gasteiger partial charge in [0.25, 0.3) is 5.56 Å². The number of para-hydroxylation sites is 1.